The van der Waals surface area contributed by atoms with Crippen LogP contribution in [0.5, 0.6) is 0 Å². The molecule has 19 heavy (non-hydrogen) atoms. The van der Waals surface area contributed by atoms with Crippen molar-refractivity contribution >= 4 is 0 Å². The van der Waals surface area contributed by atoms with E-state index in [0.717, 1.165) is 12.8 Å². The highest BCUT2D eigenvalue weighted by molar-refractivity contribution is 5.03. The van der Waals surface area contributed by atoms with E-state index in [2.05, 4.69) is 10.1 Å². The minimum atomic E-state index is -0.754. The van der Waals surface area contributed by atoms with E-state index in [0.29, 0.717) is 18.3 Å². The van der Waals surface area contributed by atoms with E-state index < -0.39 is 5.54 Å². The molecule has 1 aliphatic rings. The summed E-state index contributed by atoms with van der Waals surface area (Å²) in [7, 11) is 0. The van der Waals surface area contributed by atoms with E-state index in [1.165, 1.54) is 0 Å². The molecule has 6 nitrogen and oxygen atoms in total. The molecule has 2 rings (SSSR count). The van der Waals surface area contributed by atoms with Gasteiger partial charge >= 0.3 is 0 Å². The fraction of sp³-hybridized carbons (Fsp3) is 0.846. The quantitative estimate of drug-likeness (QED) is 0.879. The van der Waals surface area contributed by atoms with Crippen LogP contribution in [0.2, 0.25) is 0 Å². The van der Waals surface area contributed by atoms with Gasteiger partial charge in [-0.2, -0.15) is 4.98 Å². The zero-order valence-corrected chi connectivity index (χ0v) is 12.0. The summed E-state index contributed by atoms with van der Waals surface area (Å²) >= 11 is 0. The molecule has 3 unspecified atom stereocenters. The summed E-state index contributed by atoms with van der Waals surface area (Å²) in [6, 6.07) is 0. The van der Waals surface area contributed by atoms with Crippen LogP contribution in [0.1, 0.15) is 58.4 Å². The molecule has 108 valence electrons. The van der Waals surface area contributed by atoms with Gasteiger partial charge < -0.3 is 19.7 Å². The lowest BCUT2D eigenvalue weighted by atomic mass is 10.1. The van der Waals surface area contributed by atoms with Crippen LogP contribution >= 0.6 is 0 Å². The van der Waals surface area contributed by atoms with Crippen LogP contribution < -0.4 is 5.73 Å². The lowest BCUT2D eigenvalue weighted by Crippen LogP contribution is -2.40. The lowest BCUT2D eigenvalue weighted by molar-refractivity contribution is 0.0355. The minimum absolute atomic E-state index is 0.0990. The second kappa shape index (κ2) is 5.56. The Kier molecular flexibility index (Phi) is 4.23. The molecule has 3 atom stereocenters. The zero-order chi connectivity index (χ0) is 14.0. The molecule has 0 amide bonds. The van der Waals surface area contributed by atoms with Crippen LogP contribution in [0.15, 0.2) is 4.52 Å². The summed E-state index contributed by atoms with van der Waals surface area (Å²) in [4.78, 5) is 4.37. The molecule has 2 heterocycles. The molecule has 1 aromatic rings. The molecule has 2 N–H and O–H groups in total. The smallest absolute Gasteiger partial charge is 0.255 e. The molecular formula is C13H23N3O3. The number of hydrogen-bond donors (Lipinski definition) is 1. The van der Waals surface area contributed by atoms with Crippen LogP contribution in [-0.4, -0.2) is 29.0 Å². The van der Waals surface area contributed by atoms with Crippen molar-refractivity contribution in [1.29, 1.82) is 0 Å². The molecule has 0 radical (unpaired) electrons. The number of ether oxygens (including phenoxy) is 2. The van der Waals surface area contributed by atoms with Crippen LogP contribution in [0, 0.1) is 0 Å². The van der Waals surface area contributed by atoms with Gasteiger partial charge in [0, 0.05) is 0 Å². The molecular weight excluding hydrogens is 246 g/mol. The number of rotatable bonds is 5. The third kappa shape index (κ3) is 3.52. The highest BCUT2D eigenvalue weighted by Gasteiger charge is 2.33. The summed E-state index contributed by atoms with van der Waals surface area (Å²) < 4.78 is 16.5. The largest absolute Gasteiger partial charge is 0.376 e. The third-order valence-electron chi connectivity index (χ3n) is 3.18. The Labute approximate surface area is 113 Å². The van der Waals surface area contributed by atoms with E-state index in [9.17, 15) is 0 Å². The van der Waals surface area contributed by atoms with Gasteiger partial charge in [0.25, 0.3) is 5.89 Å². The summed E-state index contributed by atoms with van der Waals surface area (Å²) in [6.45, 7) is 8.16. The second-order valence-corrected chi connectivity index (χ2v) is 5.75. The summed E-state index contributed by atoms with van der Waals surface area (Å²) in [5.41, 5.74) is 5.42. The van der Waals surface area contributed by atoms with E-state index in [1.807, 2.05) is 27.7 Å². The summed E-state index contributed by atoms with van der Waals surface area (Å²) in [5, 5.41) is 3.96. The van der Waals surface area contributed by atoms with Crippen molar-refractivity contribution in [2.45, 2.75) is 64.4 Å². The van der Waals surface area contributed by atoms with Crippen LogP contribution in [-0.2, 0) is 15.0 Å². The van der Waals surface area contributed by atoms with Crippen LogP contribution in [0.25, 0.3) is 0 Å². The van der Waals surface area contributed by atoms with Crippen LogP contribution in [0.4, 0.5) is 0 Å². The second-order valence-electron chi connectivity index (χ2n) is 5.75. The maximum Gasteiger partial charge on any atom is 0.255 e. The van der Waals surface area contributed by atoms with Crippen molar-refractivity contribution in [3.05, 3.63) is 11.7 Å². The van der Waals surface area contributed by atoms with Crippen molar-refractivity contribution in [1.82, 2.24) is 10.1 Å². The van der Waals surface area contributed by atoms with Gasteiger partial charge in [0.2, 0.25) is 0 Å². The van der Waals surface area contributed by atoms with Crippen LogP contribution in [0.3, 0.4) is 0 Å². The minimum Gasteiger partial charge on any atom is -0.376 e. The molecule has 0 aliphatic carbocycles. The number of hydrogen-bond acceptors (Lipinski definition) is 6. The summed E-state index contributed by atoms with van der Waals surface area (Å²) in [5.74, 6) is 0.979. The van der Waals surface area contributed by atoms with E-state index in [1.54, 1.807) is 0 Å². The predicted octanol–water partition coefficient (Wildman–Crippen LogP) is 1.91. The Bertz CT molecular complexity index is 417. The van der Waals surface area contributed by atoms with E-state index in [-0.39, 0.29) is 18.3 Å². The highest BCUT2D eigenvalue weighted by atomic mass is 16.5. The first-order valence-corrected chi connectivity index (χ1v) is 6.78. The Morgan fingerprint density at radius 3 is 2.79 bits per heavy atom. The Morgan fingerprint density at radius 1 is 1.47 bits per heavy atom. The van der Waals surface area contributed by atoms with Gasteiger partial charge in [0.15, 0.2) is 5.82 Å². The zero-order valence-electron chi connectivity index (χ0n) is 12.0. The molecule has 0 bridgehead atoms. The number of aromatic nitrogens is 2. The first kappa shape index (κ1) is 14.4. The summed E-state index contributed by atoms with van der Waals surface area (Å²) in [6.07, 6.45) is 2.19. The molecule has 6 heteroatoms. The maximum atomic E-state index is 6.17. The van der Waals surface area contributed by atoms with E-state index >= 15 is 0 Å². The average molecular weight is 269 g/mol. The number of nitrogens with two attached hydrogens (primary N) is 1. The first-order valence-electron chi connectivity index (χ1n) is 6.78. The van der Waals surface area contributed by atoms with Gasteiger partial charge in [-0.05, 0) is 40.5 Å². The van der Waals surface area contributed by atoms with Crippen molar-refractivity contribution in [2.75, 3.05) is 6.61 Å². The molecule has 1 aromatic heterocycles. The van der Waals surface area contributed by atoms with Gasteiger partial charge in [-0.25, -0.2) is 0 Å². The monoisotopic (exact) mass is 269 g/mol. The topological polar surface area (TPSA) is 83.4 Å². The van der Waals surface area contributed by atoms with Gasteiger partial charge in [-0.1, -0.05) is 5.16 Å². The highest BCUT2D eigenvalue weighted by Crippen LogP contribution is 2.32. The normalized spacial score (nSPS) is 26.8. The Hall–Kier alpha value is -0.980. The van der Waals surface area contributed by atoms with Gasteiger partial charge in [0.1, 0.15) is 11.6 Å². The molecule has 1 fully saturated rings. The number of nitrogens with zero attached hydrogens (tertiary/aromatic N) is 2. The van der Waals surface area contributed by atoms with Crippen molar-refractivity contribution < 1.29 is 14.0 Å². The lowest BCUT2D eigenvalue weighted by Gasteiger charge is -2.21. The van der Waals surface area contributed by atoms with Crippen molar-refractivity contribution in [3.63, 3.8) is 0 Å². The maximum absolute atomic E-state index is 6.17. The van der Waals surface area contributed by atoms with E-state index in [4.69, 9.17) is 19.7 Å². The SMILES string of the molecule is CC(C)OCC(C)(N)c1noc(C2CCC(C)O2)n1. The molecule has 1 saturated heterocycles. The molecule has 0 spiro atoms. The molecule has 0 saturated carbocycles. The Balaban J connectivity index is 2.03. The van der Waals surface area contributed by atoms with Crippen molar-refractivity contribution in [2.24, 2.45) is 5.73 Å². The average Bonchev–Trinajstić information content (AvgIpc) is 2.94. The Morgan fingerprint density at radius 2 is 2.21 bits per heavy atom. The molecule has 1 aliphatic heterocycles. The van der Waals surface area contributed by atoms with Crippen molar-refractivity contribution in [3.8, 4) is 0 Å². The predicted molar refractivity (Wildman–Crippen MR) is 69.4 cm³/mol. The van der Waals surface area contributed by atoms with Gasteiger partial charge in [-0.15, -0.1) is 0 Å². The standard InChI is InChI=1S/C13H23N3O3/c1-8(2)17-7-13(4,14)12-15-11(19-16-12)10-6-5-9(3)18-10/h8-10H,5-7,14H2,1-4H3. The molecule has 0 aromatic carbocycles. The third-order valence-corrected chi connectivity index (χ3v) is 3.18. The van der Waals surface area contributed by atoms with Gasteiger partial charge in [-0.3, -0.25) is 0 Å². The fourth-order valence-electron chi connectivity index (χ4n) is 1.99. The van der Waals surface area contributed by atoms with Gasteiger partial charge in [0.05, 0.1) is 18.8 Å². The first-order chi connectivity index (χ1) is 8.88. The fourth-order valence-corrected chi connectivity index (χ4v) is 1.99.